The fourth-order valence-electron chi connectivity index (χ4n) is 7.58. The summed E-state index contributed by atoms with van der Waals surface area (Å²) in [5, 5.41) is 11.4. The molecule has 2 unspecified atom stereocenters. The zero-order valence-electron chi connectivity index (χ0n) is 20.4. The summed E-state index contributed by atoms with van der Waals surface area (Å²) in [5.41, 5.74) is -0.998. The molecule has 0 radical (unpaired) electrons. The first-order chi connectivity index (χ1) is 16.6. The summed E-state index contributed by atoms with van der Waals surface area (Å²) >= 11 is 1.72. The van der Waals surface area contributed by atoms with Gasteiger partial charge in [0, 0.05) is 11.3 Å². The highest BCUT2D eigenvalue weighted by molar-refractivity contribution is 8.00. The maximum atomic E-state index is 15.1. The number of alkyl halides is 1. The van der Waals surface area contributed by atoms with Crippen LogP contribution in [0.5, 0.6) is 5.88 Å². The Bertz CT molecular complexity index is 873. The summed E-state index contributed by atoms with van der Waals surface area (Å²) in [4.78, 5) is 14.3. The van der Waals surface area contributed by atoms with Gasteiger partial charge in [-0.15, -0.1) is 24.2 Å². The molecule has 7 rings (SSSR count). The minimum absolute atomic E-state index is 0. The molecule has 196 valence electrons. The number of hydrogen-bond donors (Lipinski definition) is 2. The van der Waals surface area contributed by atoms with Crippen LogP contribution in [0.1, 0.15) is 87.6 Å². The molecular weight excluding hydrogens is 489 g/mol. The van der Waals surface area contributed by atoms with Crippen molar-refractivity contribution in [3.05, 3.63) is 5.76 Å². The van der Waals surface area contributed by atoms with Crippen molar-refractivity contribution in [2.45, 2.75) is 98.9 Å². The number of aromatic nitrogens is 1. The summed E-state index contributed by atoms with van der Waals surface area (Å²) in [6.45, 7) is 2.66. The molecule has 5 saturated carbocycles. The van der Waals surface area contributed by atoms with Gasteiger partial charge >= 0.3 is 0 Å². The molecule has 4 bridgehead atoms. The fourth-order valence-corrected chi connectivity index (χ4v) is 8.92. The van der Waals surface area contributed by atoms with Crippen LogP contribution in [0.25, 0.3) is 0 Å². The number of nitrogens with zero attached hydrogens (tertiary/aromatic N) is 1. The van der Waals surface area contributed by atoms with Crippen LogP contribution in [0, 0.1) is 23.7 Å². The second-order valence-corrected chi connectivity index (χ2v) is 13.0. The molecular formula is C26H39ClFN3O3S. The van der Waals surface area contributed by atoms with Crippen LogP contribution < -0.4 is 15.4 Å². The van der Waals surface area contributed by atoms with E-state index in [0.717, 1.165) is 62.9 Å². The number of halogens is 2. The van der Waals surface area contributed by atoms with Crippen molar-refractivity contribution >= 4 is 30.1 Å². The van der Waals surface area contributed by atoms with Gasteiger partial charge in [-0.3, -0.25) is 4.79 Å². The molecule has 2 N–H and O–H groups in total. The SMILES string of the molecule is Cl.O=C(NC1C2CC3CC1CC(F)(C3)C2)c1onc(OCC2CCNCC2)c1SC1CCCCC1. The largest absolute Gasteiger partial charge is 0.474 e. The van der Waals surface area contributed by atoms with Gasteiger partial charge in [0.2, 0.25) is 5.76 Å². The number of thioether (sulfide) groups is 1. The van der Waals surface area contributed by atoms with Crippen molar-refractivity contribution < 1.29 is 18.4 Å². The molecule has 6 nitrogen and oxygen atoms in total. The van der Waals surface area contributed by atoms with Crippen LogP contribution in [0.4, 0.5) is 4.39 Å². The average Bonchev–Trinajstić information content (AvgIpc) is 3.22. The minimum Gasteiger partial charge on any atom is -0.474 e. The normalized spacial score (nSPS) is 35.0. The number of rotatable bonds is 7. The summed E-state index contributed by atoms with van der Waals surface area (Å²) in [6, 6.07) is 0.0460. The van der Waals surface area contributed by atoms with E-state index >= 15 is 4.39 Å². The Kier molecular flexibility index (Phi) is 7.90. The Labute approximate surface area is 218 Å². The third-order valence-corrected chi connectivity index (χ3v) is 10.5. The second kappa shape index (κ2) is 10.8. The lowest BCUT2D eigenvalue weighted by Crippen LogP contribution is -2.60. The lowest BCUT2D eigenvalue weighted by Gasteiger charge is -2.56. The number of hydrogen-bond acceptors (Lipinski definition) is 6. The molecule has 1 saturated heterocycles. The monoisotopic (exact) mass is 527 g/mol. The van der Waals surface area contributed by atoms with E-state index < -0.39 is 5.67 Å². The Morgan fingerprint density at radius 1 is 1.11 bits per heavy atom. The van der Waals surface area contributed by atoms with Crippen molar-refractivity contribution in [1.82, 2.24) is 15.8 Å². The first kappa shape index (κ1) is 25.7. The summed E-state index contributed by atoms with van der Waals surface area (Å²) in [6.07, 6.45) is 12.2. The standard InChI is InChI=1S/C26H38FN3O3S.ClH/c27-26-12-17-10-18(13-26)21(19(11-17)14-26)29-24(31)22-23(34-20-4-2-1-3-5-20)25(30-33-22)32-15-16-6-8-28-9-7-16;/h16-21,28H,1-15H2,(H,29,31);1H. The number of carbonyl (C=O) groups is 1. The first-order valence-corrected chi connectivity index (χ1v) is 14.4. The van der Waals surface area contributed by atoms with Gasteiger partial charge in [-0.1, -0.05) is 19.3 Å². The van der Waals surface area contributed by atoms with E-state index in [-0.39, 0.29) is 36.2 Å². The van der Waals surface area contributed by atoms with Gasteiger partial charge < -0.3 is 19.9 Å². The topological polar surface area (TPSA) is 76.4 Å². The van der Waals surface area contributed by atoms with E-state index in [1.165, 1.54) is 19.3 Å². The first-order valence-electron chi connectivity index (χ1n) is 13.6. The van der Waals surface area contributed by atoms with E-state index in [1.54, 1.807) is 11.8 Å². The van der Waals surface area contributed by atoms with Crippen molar-refractivity contribution in [3.63, 3.8) is 0 Å². The van der Waals surface area contributed by atoms with E-state index in [9.17, 15) is 4.79 Å². The maximum absolute atomic E-state index is 15.1. The van der Waals surface area contributed by atoms with E-state index in [2.05, 4.69) is 15.8 Å². The summed E-state index contributed by atoms with van der Waals surface area (Å²) < 4.78 is 26.9. The number of nitrogens with one attached hydrogen (secondary N) is 2. The highest BCUT2D eigenvalue weighted by atomic mass is 35.5. The van der Waals surface area contributed by atoms with Crippen molar-refractivity contribution in [1.29, 1.82) is 0 Å². The molecule has 1 aliphatic heterocycles. The Hall–Kier alpha value is -0.990. The molecule has 2 atom stereocenters. The third kappa shape index (κ3) is 5.49. The van der Waals surface area contributed by atoms with E-state index in [4.69, 9.17) is 9.26 Å². The summed E-state index contributed by atoms with van der Waals surface area (Å²) in [7, 11) is 0. The summed E-state index contributed by atoms with van der Waals surface area (Å²) in [5.74, 6) is 2.05. The van der Waals surface area contributed by atoms with Gasteiger partial charge in [0.25, 0.3) is 11.8 Å². The van der Waals surface area contributed by atoms with Crippen LogP contribution >= 0.6 is 24.2 Å². The van der Waals surface area contributed by atoms with Gasteiger partial charge in [0.15, 0.2) is 0 Å². The van der Waals surface area contributed by atoms with Gasteiger partial charge in [0.05, 0.1) is 6.61 Å². The lowest BCUT2D eigenvalue weighted by molar-refractivity contribution is -0.0907. The molecule has 1 aromatic rings. The van der Waals surface area contributed by atoms with Crippen molar-refractivity contribution in [3.8, 4) is 5.88 Å². The van der Waals surface area contributed by atoms with Crippen LogP contribution in [0.3, 0.4) is 0 Å². The molecule has 6 aliphatic rings. The van der Waals surface area contributed by atoms with E-state index in [1.807, 2.05) is 0 Å². The minimum atomic E-state index is -0.998. The molecule has 9 heteroatoms. The van der Waals surface area contributed by atoms with E-state index in [0.29, 0.717) is 48.2 Å². The molecule has 0 aromatic carbocycles. The quantitative estimate of drug-likeness (QED) is 0.484. The zero-order chi connectivity index (χ0) is 23.1. The Morgan fingerprint density at radius 3 is 2.51 bits per heavy atom. The number of amides is 1. The van der Waals surface area contributed by atoms with Crippen LogP contribution in [0.15, 0.2) is 9.42 Å². The van der Waals surface area contributed by atoms with Crippen molar-refractivity contribution in [2.75, 3.05) is 19.7 Å². The molecule has 1 amide bonds. The highest BCUT2D eigenvalue weighted by Crippen LogP contribution is 2.57. The third-order valence-electron chi connectivity index (χ3n) is 9.07. The predicted octanol–water partition coefficient (Wildman–Crippen LogP) is 5.55. The average molecular weight is 528 g/mol. The van der Waals surface area contributed by atoms with Gasteiger partial charge in [-0.25, -0.2) is 4.39 Å². The van der Waals surface area contributed by atoms with Crippen LogP contribution in [-0.4, -0.2) is 47.7 Å². The number of piperidine rings is 1. The second-order valence-electron chi connectivity index (χ2n) is 11.6. The van der Waals surface area contributed by atoms with Gasteiger partial charge in [-0.2, -0.15) is 0 Å². The van der Waals surface area contributed by atoms with Crippen molar-refractivity contribution in [2.24, 2.45) is 23.7 Å². The molecule has 6 fully saturated rings. The molecule has 2 heterocycles. The van der Waals surface area contributed by atoms with Crippen LogP contribution in [-0.2, 0) is 0 Å². The Morgan fingerprint density at radius 2 is 1.83 bits per heavy atom. The molecule has 35 heavy (non-hydrogen) atoms. The predicted molar refractivity (Wildman–Crippen MR) is 136 cm³/mol. The fraction of sp³-hybridized carbons (Fsp3) is 0.846. The maximum Gasteiger partial charge on any atom is 0.291 e. The molecule has 1 aromatic heterocycles. The smallest absolute Gasteiger partial charge is 0.291 e. The lowest BCUT2D eigenvalue weighted by atomic mass is 9.53. The van der Waals surface area contributed by atoms with Crippen LogP contribution in [0.2, 0.25) is 0 Å². The van der Waals surface area contributed by atoms with Gasteiger partial charge in [0.1, 0.15) is 10.6 Å². The zero-order valence-corrected chi connectivity index (χ0v) is 22.1. The highest BCUT2D eigenvalue weighted by Gasteiger charge is 2.56. The Balaban J connectivity index is 0.00000253. The molecule has 0 spiro atoms. The molecule has 5 aliphatic carbocycles. The number of carbonyl (C=O) groups excluding carboxylic acids is 1. The number of ether oxygens (including phenoxy) is 1. The van der Waals surface area contributed by atoms with Gasteiger partial charge in [-0.05, 0) is 99.7 Å².